The summed E-state index contributed by atoms with van der Waals surface area (Å²) in [6, 6.07) is 12.2. The smallest absolute Gasteiger partial charge is 0.130 e. The molecule has 0 aliphatic heterocycles. The zero-order valence-corrected chi connectivity index (χ0v) is 19.9. The van der Waals surface area contributed by atoms with Crippen molar-refractivity contribution in [1.29, 1.82) is 0 Å². The Morgan fingerprint density at radius 3 is 2.58 bits per heavy atom. The van der Waals surface area contributed by atoms with Gasteiger partial charge in [0.1, 0.15) is 11.5 Å². The van der Waals surface area contributed by atoms with Gasteiger partial charge in [-0.1, -0.05) is 23.8 Å². The van der Waals surface area contributed by atoms with E-state index in [9.17, 15) is 0 Å². The van der Waals surface area contributed by atoms with Gasteiger partial charge in [-0.05, 0) is 75.6 Å². The van der Waals surface area contributed by atoms with Crippen molar-refractivity contribution in [2.75, 3.05) is 20.2 Å². The molecule has 1 atom stereocenters. The highest BCUT2D eigenvalue weighted by Crippen LogP contribution is 2.36. The number of benzene rings is 2. The summed E-state index contributed by atoms with van der Waals surface area (Å²) in [4.78, 5) is 6.64. The second-order valence-corrected chi connectivity index (χ2v) is 8.32. The summed E-state index contributed by atoms with van der Waals surface area (Å²) >= 11 is 0. The normalized spacial score (nSPS) is 13.1. The first-order chi connectivity index (χ1) is 14.7. The Labute approximate surface area is 187 Å². The zero-order chi connectivity index (χ0) is 23.0. The summed E-state index contributed by atoms with van der Waals surface area (Å²) in [7, 11) is 2.01. The first kappa shape index (κ1) is 24.4. The van der Waals surface area contributed by atoms with Crippen molar-refractivity contribution in [3.63, 3.8) is 0 Å². The number of ether oxygens (including phenoxy) is 2. The van der Waals surface area contributed by atoms with Gasteiger partial charge in [-0.25, -0.2) is 4.99 Å². The van der Waals surface area contributed by atoms with Gasteiger partial charge in [-0.15, -0.1) is 13.2 Å². The van der Waals surface area contributed by atoms with E-state index in [1.54, 1.807) is 6.08 Å². The number of hydrogen-bond donors (Lipinski definition) is 0. The fourth-order valence-electron chi connectivity index (χ4n) is 3.34. The standard InChI is InChI=1S/C27H36N2O2/c1-9-14-30-27(7,18-20(3)4)23-12-11-13-24(17-23)31-26-16-21(5)25(15-22(26)6)28-19-29(8)10-2/h9,11-13,15-17,19H,1,3,10,14,18H2,2,4-8H3/b28-19-. The van der Waals surface area contributed by atoms with Crippen LogP contribution in [0.3, 0.4) is 0 Å². The van der Waals surface area contributed by atoms with E-state index in [1.807, 2.05) is 63.3 Å². The third-order valence-corrected chi connectivity index (χ3v) is 5.22. The van der Waals surface area contributed by atoms with Crippen molar-refractivity contribution in [2.24, 2.45) is 4.99 Å². The molecular weight excluding hydrogens is 384 g/mol. The summed E-state index contributed by atoms with van der Waals surface area (Å²) < 4.78 is 12.4. The van der Waals surface area contributed by atoms with Crippen LogP contribution in [0.5, 0.6) is 11.5 Å². The van der Waals surface area contributed by atoms with Gasteiger partial charge in [0.25, 0.3) is 0 Å². The summed E-state index contributed by atoms with van der Waals surface area (Å²) in [6.07, 6.45) is 4.35. The molecule has 166 valence electrons. The van der Waals surface area contributed by atoms with Gasteiger partial charge in [0.15, 0.2) is 0 Å². The van der Waals surface area contributed by atoms with Crippen LogP contribution in [0.2, 0.25) is 0 Å². The van der Waals surface area contributed by atoms with E-state index in [4.69, 9.17) is 9.47 Å². The van der Waals surface area contributed by atoms with Crippen LogP contribution in [-0.4, -0.2) is 31.4 Å². The molecule has 31 heavy (non-hydrogen) atoms. The van der Waals surface area contributed by atoms with E-state index in [0.29, 0.717) is 6.61 Å². The Bertz CT molecular complexity index is 948. The average molecular weight is 421 g/mol. The van der Waals surface area contributed by atoms with Crippen LogP contribution in [0, 0.1) is 13.8 Å². The second-order valence-electron chi connectivity index (χ2n) is 8.32. The zero-order valence-electron chi connectivity index (χ0n) is 19.9. The Balaban J connectivity index is 2.31. The van der Waals surface area contributed by atoms with Crippen molar-refractivity contribution in [3.8, 4) is 11.5 Å². The SMILES string of the molecule is C=CCOC(C)(CC(=C)C)c1cccc(Oc2cc(C)c(/N=C\N(C)CC)cc2C)c1. The molecule has 0 saturated heterocycles. The van der Waals surface area contributed by atoms with Gasteiger partial charge in [0.05, 0.1) is 24.2 Å². The average Bonchev–Trinajstić information content (AvgIpc) is 2.73. The van der Waals surface area contributed by atoms with Crippen LogP contribution in [-0.2, 0) is 10.3 Å². The molecule has 0 N–H and O–H groups in total. The lowest BCUT2D eigenvalue weighted by Crippen LogP contribution is -2.26. The van der Waals surface area contributed by atoms with Crippen molar-refractivity contribution in [2.45, 2.75) is 46.6 Å². The molecule has 4 nitrogen and oxygen atoms in total. The number of rotatable bonds is 11. The van der Waals surface area contributed by atoms with Gasteiger partial charge in [-0.2, -0.15) is 0 Å². The molecular formula is C27H36N2O2. The lowest BCUT2D eigenvalue weighted by atomic mass is 9.89. The van der Waals surface area contributed by atoms with E-state index in [-0.39, 0.29) is 0 Å². The lowest BCUT2D eigenvalue weighted by molar-refractivity contribution is -0.0202. The molecule has 2 aromatic rings. The minimum absolute atomic E-state index is 0.475. The fourth-order valence-corrected chi connectivity index (χ4v) is 3.34. The Hall–Kier alpha value is -2.85. The van der Waals surface area contributed by atoms with Crippen LogP contribution >= 0.6 is 0 Å². The summed E-state index contributed by atoms with van der Waals surface area (Å²) in [5.74, 6) is 1.60. The molecule has 0 saturated carbocycles. The minimum atomic E-state index is -0.492. The van der Waals surface area contributed by atoms with Gasteiger partial charge < -0.3 is 14.4 Å². The van der Waals surface area contributed by atoms with Gasteiger partial charge >= 0.3 is 0 Å². The molecule has 0 amide bonds. The van der Waals surface area contributed by atoms with Crippen molar-refractivity contribution in [1.82, 2.24) is 4.90 Å². The first-order valence-corrected chi connectivity index (χ1v) is 10.7. The second kappa shape index (κ2) is 11.0. The number of aliphatic imine (C=N–C) groups is 1. The summed E-state index contributed by atoms with van der Waals surface area (Å²) in [5.41, 5.74) is 4.68. The highest BCUT2D eigenvalue weighted by molar-refractivity contribution is 5.64. The molecule has 0 aromatic heterocycles. The molecule has 1 unspecified atom stereocenters. The third kappa shape index (κ3) is 6.83. The Kier molecular flexibility index (Phi) is 8.64. The first-order valence-electron chi connectivity index (χ1n) is 10.7. The fraction of sp³-hybridized carbons (Fsp3) is 0.370. The minimum Gasteiger partial charge on any atom is -0.457 e. The van der Waals surface area contributed by atoms with Gasteiger partial charge in [0, 0.05) is 20.0 Å². The monoisotopic (exact) mass is 420 g/mol. The topological polar surface area (TPSA) is 34.1 Å². The lowest BCUT2D eigenvalue weighted by Gasteiger charge is -2.31. The molecule has 0 radical (unpaired) electrons. The van der Waals surface area contributed by atoms with Crippen molar-refractivity contribution >= 4 is 12.0 Å². The maximum absolute atomic E-state index is 6.28. The Morgan fingerprint density at radius 2 is 1.94 bits per heavy atom. The molecule has 2 rings (SSSR count). The van der Waals surface area contributed by atoms with Crippen LogP contribution in [0.15, 0.2) is 66.2 Å². The number of hydrogen-bond acceptors (Lipinski definition) is 3. The van der Waals surface area contributed by atoms with Crippen LogP contribution in [0.1, 0.15) is 43.9 Å². The largest absolute Gasteiger partial charge is 0.457 e. The molecule has 2 aromatic carbocycles. The summed E-state index contributed by atoms with van der Waals surface area (Å²) in [6.45, 7) is 19.5. The maximum Gasteiger partial charge on any atom is 0.130 e. The maximum atomic E-state index is 6.28. The molecule has 0 bridgehead atoms. The number of aryl methyl sites for hydroxylation is 2. The van der Waals surface area contributed by atoms with E-state index in [1.165, 1.54) is 0 Å². The van der Waals surface area contributed by atoms with E-state index < -0.39 is 5.60 Å². The quantitative estimate of drug-likeness (QED) is 0.221. The Morgan fingerprint density at radius 1 is 1.19 bits per heavy atom. The van der Waals surface area contributed by atoms with Gasteiger partial charge in [0.2, 0.25) is 0 Å². The summed E-state index contributed by atoms with van der Waals surface area (Å²) in [5, 5.41) is 0. The van der Waals surface area contributed by atoms with Crippen LogP contribution < -0.4 is 4.74 Å². The van der Waals surface area contributed by atoms with Crippen molar-refractivity contribution in [3.05, 3.63) is 77.9 Å². The highest BCUT2D eigenvalue weighted by atomic mass is 16.5. The van der Waals surface area contributed by atoms with Gasteiger partial charge in [-0.3, -0.25) is 0 Å². The molecule has 0 aliphatic rings. The van der Waals surface area contributed by atoms with E-state index >= 15 is 0 Å². The molecule has 0 fully saturated rings. The molecule has 4 heteroatoms. The van der Waals surface area contributed by atoms with Crippen molar-refractivity contribution < 1.29 is 9.47 Å². The predicted molar refractivity (Wildman–Crippen MR) is 132 cm³/mol. The highest BCUT2D eigenvalue weighted by Gasteiger charge is 2.28. The molecule has 0 heterocycles. The predicted octanol–water partition coefficient (Wildman–Crippen LogP) is 7.09. The number of nitrogens with zero attached hydrogens (tertiary/aromatic N) is 2. The van der Waals surface area contributed by atoms with E-state index in [2.05, 4.69) is 44.1 Å². The van der Waals surface area contributed by atoms with Crippen LogP contribution in [0.25, 0.3) is 0 Å². The molecule has 0 aliphatic carbocycles. The van der Waals surface area contributed by atoms with Crippen LogP contribution in [0.4, 0.5) is 5.69 Å². The van der Waals surface area contributed by atoms with E-state index in [0.717, 1.165) is 52.4 Å². The third-order valence-electron chi connectivity index (χ3n) is 5.22. The molecule has 0 spiro atoms.